The van der Waals surface area contributed by atoms with Crippen LogP contribution in [0, 0.1) is 0 Å². The number of aliphatic imine (C=N–C) groups is 1. The standard InChI is InChI=1S/C15H31N3O2/c1-4-9-17-15(16-5-2)18-10-7-14(8-11-18)20-13-6-12-19-3/h14H,4-13H2,1-3H3,(H,16,17). The number of piperidine rings is 1. The zero-order valence-electron chi connectivity index (χ0n) is 13.4. The van der Waals surface area contributed by atoms with Crippen LogP contribution in [0.4, 0.5) is 0 Å². The highest BCUT2D eigenvalue weighted by atomic mass is 16.5. The second kappa shape index (κ2) is 10.9. The minimum atomic E-state index is 0.400. The molecule has 0 aromatic rings. The van der Waals surface area contributed by atoms with Gasteiger partial charge < -0.3 is 19.7 Å². The van der Waals surface area contributed by atoms with Crippen molar-refractivity contribution in [3.8, 4) is 0 Å². The lowest BCUT2D eigenvalue weighted by Gasteiger charge is -2.34. The van der Waals surface area contributed by atoms with Gasteiger partial charge in [0, 0.05) is 46.5 Å². The van der Waals surface area contributed by atoms with Crippen molar-refractivity contribution in [1.82, 2.24) is 10.2 Å². The van der Waals surface area contributed by atoms with Gasteiger partial charge in [0.15, 0.2) is 5.96 Å². The van der Waals surface area contributed by atoms with Gasteiger partial charge >= 0.3 is 0 Å². The van der Waals surface area contributed by atoms with E-state index in [1.54, 1.807) is 7.11 Å². The molecule has 0 radical (unpaired) electrons. The Bertz CT molecular complexity index is 264. The average molecular weight is 285 g/mol. The number of nitrogens with zero attached hydrogens (tertiary/aromatic N) is 2. The molecule has 1 fully saturated rings. The lowest BCUT2D eigenvalue weighted by molar-refractivity contribution is 0.00991. The van der Waals surface area contributed by atoms with Crippen molar-refractivity contribution in [3.05, 3.63) is 0 Å². The number of methoxy groups -OCH3 is 1. The van der Waals surface area contributed by atoms with Crippen LogP contribution < -0.4 is 5.32 Å². The van der Waals surface area contributed by atoms with E-state index < -0.39 is 0 Å². The summed E-state index contributed by atoms with van der Waals surface area (Å²) in [4.78, 5) is 7.00. The number of ether oxygens (including phenoxy) is 2. The predicted octanol–water partition coefficient (Wildman–Crippen LogP) is 1.88. The molecule has 0 saturated carbocycles. The summed E-state index contributed by atoms with van der Waals surface area (Å²) in [5, 5.41) is 3.38. The number of hydrogen-bond donors (Lipinski definition) is 1. The molecule has 0 bridgehead atoms. The second-order valence-corrected chi connectivity index (χ2v) is 5.14. The number of rotatable bonds is 8. The fraction of sp³-hybridized carbons (Fsp3) is 0.933. The maximum absolute atomic E-state index is 5.89. The number of likely N-dealkylation sites (tertiary alicyclic amines) is 1. The zero-order chi connectivity index (χ0) is 14.6. The lowest BCUT2D eigenvalue weighted by Crippen LogP contribution is -2.47. The lowest BCUT2D eigenvalue weighted by atomic mass is 10.1. The van der Waals surface area contributed by atoms with E-state index in [0.29, 0.717) is 6.10 Å². The Morgan fingerprint density at radius 1 is 1.25 bits per heavy atom. The molecular formula is C15H31N3O2. The highest BCUT2D eigenvalue weighted by Gasteiger charge is 2.21. The fourth-order valence-electron chi connectivity index (χ4n) is 2.33. The SMILES string of the molecule is CCCN=C(NCC)N1CCC(OCCCOC)CC1. The van der Waals surface area contributed by atoms with E-state index in [0.717, 1.165) is 71.0 Å². The summed E-state index contributed by atoms with van der Waals surface area (Å²) in [5.74, 6) is 1.06. The van der Waals surface area contributed by atoms with Crippen LogP contribution in [0.1, 0.15) is 39.5 Å². The van der Waals surface area contributed by atoms with Crippen LogP contribution in [-0.4, -0.2) is 63.5 Å². The largest absolute Gasteiger partial charge is 0.385 e. The molecule has 0 spiro atoms. The molecule has 0 unspecified atom stereocenters. The Kier molecular flexibility index (Phi) is 9.41. The van der Waals surface area contributed by atoms with Crippen LogP contribution in [0.5, 0.6) is 0 Å². The molecule has 1 saturated heterocycles. The van der Waals surface area contributed by atoms with Crippen LogP contribution in [0.15, 0.2) is 4.99 Å². The van der Waals surface area contributed by atoms with Gasteiger partial charge in [-0.3, -0.25) is 4.99 Å². The minimum Gasteiger partial charge on any atom is -0.385 e. The Morgan fingerprint density at radius 2 is 2.00 bits per heavy atom. The van der Waals surface area contributed by atoms with Gasteiger partial charge in [0.1, 0.15) is 0 Å². The first-order valence-corrected chi connectivity index (χ1v) is 7.95. The van der Waals surface area contributed by atoms with Gasteiger partial charge in [-0.05, 0) is 32.6 Å². The molecule has 1 heterocycles. The van der Waals surface area contributed by atoms with Crippen molar-refractivity contribution in [1.29, 1.82) is 0 Å². The first-order chi connectivity index (χ1) is 9.81. The Morgan fingerprint density at radius 3 is 2.60 bits per heavy atom. The van der Waals surface area contributed by atoms with Crippen LogP contribution in [0.25, 0.3) is 0 Å². The molecular weight excluding hydrogens is 254 g/mol. The smallest absolute Gasteiger partial charge is 0.193 e. The first kappa shape index (κ1) is 17.2. The van der Waals surface area contributed by atoms with Gasteiger partial charge in [0.25, 0.3) is 0 Å². The number of hydrogen-bond acceptors (Lipinski definition) is 3. The molecule has 1 aliphatic rings. The van der Waals surface area contributed by atoms with E-state index in [9.17, 15) is 0 Å². The molecule has 1 N–H and O–H groups in total. The molecule has 0 aliphatic carbocycles. The third-order valence-electron chi connectivity index (χ3n) is 3.41. The summed E-state index contributed by atoms with van der Waals surface area (Å²) < 4.78 is 10.9. The Labute approximate surface area is 123 Å². The van der Waals surface area contributed by atoms with Crippen molar-refractivity contribution < 1.29 is 9.47 Å². The molecule has 0 aromatic heterocycles. The van der Waals surface area contributed by atoms with E-state index >= 15 is 0 Å². The van der Waals surface area contributed by atoms with E-state index in [1.165, 1.54) is 0 Å². The molecule has 5 heteroatoms. The number of guanidine groups is 1. The van der Waals surface area contributed by atoms with Crippen LogP contribution >= 0.6 is 0 Å². The fourth-order valence-corrected chi connectivity index (χ4v) is 2.33. The Hall–Kier alpha value is -0.810. The second-order valence-electron chi connectivity index (χ2n) is 5.14. The molecule has 1 aliphatic heterocycles. The van der Waals surface area contributed by atoms with Crippen LogP contribution in [0.2, 0.25) is 0 Å². The molecule has 118 valence electrons. The van der Waals surface area contributed by atoms with Gasteiger partial charge in [0.05, 0.1) is 6.10 Å². The predicted molar refractivity (Wildman–Crippen MR) is 83.3 cm³/mol. The normalized spacial score (nSPS) is 17.6. The highest BCUT2D eigenvalue weighted by Crippen LogP contribution is 2.14. The van der Waals surface area contributed by atoms with Crippen molar-refractivity contribution in [2.45, 2.75) is 45.6 Å². The molecule has 0 aromatic carbocycles. The van der Waals surface area contributed by atoms with Gasteiger partial charge in [0.2, 0.25) is 0 Å². The van der Waals surface area contributed by atoms with Crippen molar-refractivity contribution in [2.24, 2.45) is 4.99 Å². The third-order valence-corrected chi connectivity index (χ3v) is 3.41. The Balaban J connectivity index is 2.28. The van der Waals surface area contributed by atoms with E-state index in [-0.39, 0.29) is 0 Å². The van der Waals surface area contributed by atoms with E-state index in [2.05, 4.69) is 29.1 Å². The van der Waals surface area contributed by atoms with Crippen molar-refractivity contribution in [3.63, 3.8) is 0 Å². The molecule has 0 amide bonds. The minimum absolute atomic E-state index is 0.400. The van der Waals surface area contributed by atoms with Crippen LogP contribution in [0.3, 0.4) is 0 Å². The first-order valence-electron chi connectivity index (χ1n) is 7.95. The summed E-state index contributed by atoms with van der Waals surface area (Å²) in [6.45, 7) is 9.76. The van der Waals surface area contributed by atoms with Gasteiger partial charge in [-0.15, -0.1) is 0 Å². The summed E-state index contributed by atoms with van der Waals surface area (Å²) >= 11 is 0. The van der Waals surface area contributed by atoms with Crippen molar-refractivity contribution >= 4 is 5.96 Å². The maximum Gasteiger partial charge on any atom is 0.193 e. The van der Waals surface area contributed by atoms with Gasteiger partial charge in [-0.1, -0.05) is 6.92 Å². The van der Waals surface area contributed by atoms with Gasteiger partial charge in [-0.2, -0.15) is 0 Å². The zero-order valence-corrected chi connectivity index (χ0v) is 13.4. The monoisotopic (exact) mass is 285 g/mol. The number of nitrogens with one attached hydrogen (secondary N) is 1. The molecule has 5 nitrogen and oxygen atoms in total. The average Bonchev–Trinajstić information content (AvgIpc) is 2.49. The van der Waals surface area contributed by atoms with Crippen LogP contribution in [-0.2, 0) is 9.47 Å². The maximum atomic E-state index is 5.89. The van der Waals surface area contributed by atoms with E-state index in [1.807, 2.05) is 0 Å². The third kappa shape index (κ3) is 6.57. The summed E-state index contributed by atoms with van der Waals surface area (Å²) in [7, 11) is 1.73. The molecule has 0 atom stereocenters. The van der Waals surface area contributed by atoms with Crippen molar-refractivity contribution in [2.75, 3.05) is 46.5 Å². The van der Waals surface area contributed by atoms with E-state index in [4.69, 9.17) is 9.47 Å². The summed E-state index contributed by atoms with van der Waals surface area (Å²) in [5.41, 5.74) is 0. The summed E-state index contributed by atoms with van der Waals surface area (Å²) in [6.07, 6.45) is 4.65. The topological polar surface area (TPSA) is 46.1 Å². The summed E-state index contributed by atoms with van der Waals surface area (Å²) in [6, 6.07) is 0. The van der Waals surface area contributed by atoms with Gasteiger partial charge in [-0.25, -0.2) is 0 Å². The molecule has 20 heavy (non-hydrogen) atoms. The quantitative estimate of drug-likeness (QED) is 0.420. The highest BCUT2D eigenvalue weighted by molar-refractivity contribution is 5.80. The molecule has 1 rings (SSSR count).